The Labute approximate surface area is 150 Å². The van der Waals surface area contributed by atoms with Gasteiger partial charge in [-0.1, -0.05) is 36.4 Å². The van der Waals surface area contributed by atoms with Gasteiger partial charge in [0.05, 0.1) is 6.42 Å². The standard InChI is InChI=1S/C21H18N2O3/c1-13-21(16-7-3-5-9-18(16)23-13)19(24)12-26-20(25)10-14-11-22-17-8-4-2-6-15(14)17/h2-9,11,22-23H,10,12H2,1H3. The number of ketones is 1. The van der Waals surface area contributed by atoms with E-state index in [2.05, 4.69) is 9.97 Å². The van der Waals surface area contributed by atoms with Crippen LogP contribution in [0.15, 0.2) is 54.7 Å². The Morgan fingerprint density at radius 1 is 0.962 bits per heavy atom. The minimum absolute atomic E-state index is 0.129. The smallest absolute Gasteiger partial charge is 0.310 e. The normalized spacial score (nSPS) is 11.1. The first-order valence-corrected chi connectivity index (χ1v) is 8.44. The zero-order chi connectivity index (χ0) is 18.1. The van der Waals surface area contributed by atoms with Crippen molar-refractivity contribution in [3.05, 3.63) is 71.5 Å². The van der Waals surface area contributed by atoms with Crippen LogP contribution in [0.2, 0.25) is 0 Å². The number of carbonyl (C=O) groups excluding carboxylic acids is 2. The van der Waals surface area contributed by atoms with E-state index >= 15 is 0 Å². The van der Waals surface area contributed by atoms with Crippen molar-refractivity contribution >= 4 is 33.6 Å². The molecule has 0 aliphatic carbocycles. The van der Waals surface area contributed by atoms with Crippen molar-refractivity contribution in [2.24, 2.45) is 0 Å². The van der Waals surface area contributed by atoms with Crippen LogP contribution in [0.25, 0.3) is 21.8 Å². The lowest BCUT2D eigenvalue weighted by Gasteiger charge is -2.05. The lowest BCUT2D eigenvalue weighted by molar-refractivity contribution is -0.141. The van der Waals surface area contributed by atoms with Gasteiger partial charge >= 0.3 is 5.97 Å². The van der Waals surface area contributed by atoms with Crippen LogP contribution in [0.4, 0.5) is 0 Å². The van der Waals surface area contributed by atoms with Crippen LogP contribution in [-0.4, -0.2) is 28.3 Å². The van der Waals surface area contributed by atoms with Gasteiger partial charge in [-0.25, -0.2) is 0 Å². The van der Waals surface area contributed by atoms with Gasteiger partial charge in [0, 0.05) is 39.3 Å². The van der Waals surface area contributed by atoms with Crippen molar-refractivity contribution in [3.63, 3.8) is 0 Å². The zero-order valence-electron chi connectivity index (χ0n) is 14.3. The van der Waals surface area contributed by atoms with E-state index in [1.54, 1.807) is 6.20 Å². The molecule has 2 N–H and O–H groups in total. The van der Waals surface area contributed by atoms with Crippen LogP contribution in [0.1, 0.15) is 21.6 Å². The maximum Gasteiger partial charge on any atom is 0.310 e. The molecule has 5 nitrogen and oxygen atoms in total. The maximum absolute atomic E-state index is 12.6. The first-order chi connectivity index (χ1) is 12.6. The van der Waals surface area contributed by atoms with Crippen molar-refractivity contribution in [2.45, 2.75) is 13.3 Å². The number of nitrogens with one attached hydrogen (secondary N) is 2. The van der Waals surface area contributed by atoms with Gasteiger partial charge < -0.3 is 14.7 Å². The van der Waals surface area contributed by atoms with Gasteiger partial charge in [0.1, 0.15) is 0 Å². The number of Topliss-reactive ketones (excluding diaryl/α,β-unsaturated/α-hetero) is 1. The van der Waals surface area contributed by atoms with E-state index < -0.39 is 5.97 Å². The molecule has 0 saturated heterocycles. The molecular weight excluding hydrogens is 328 g/mol. The van der Waals surface area contributed by atoms with E-state index in [4.69, 9.17) is 4.74 Å². The third-order valence-electron chi connectivity index (χ3n) is 4.55. The molecule has 0 fully saturated rings. The number of hydrogen-bond acceptors (Lipinski definition) is 3. The van der Waals surface area contributed by atoms with Gasteiger partial charge in [-0.2, -0.15) is 0 Å². The highest BCUT2D eigenvalue weighted by Gasteiger charge is 2.18. The van der Waals surface area contributed by atoms with Gasteiger partial charge in [0.2, 0.25) is 5.78 Å². The molecule has 0 bridgehead atoms. The van der Waals surface area contributed by atoms with Gasteiger partial charge in [-0.3, -0.25) is 9.59 Å². The summed E-state index contributed by atoms with van der Waals surface area (Å²) >= 11 is 0. The molecule has 0 spiro atoms. The Balaban J connectivity index is 1.45. The highest BCUT2D eigenvalue weighted by atomic mass is 16.5. The molecule has 0 amide bonds. The third-order valence-corrected chi connectivity index (χ3v) is 4.55. The fourth-order valence-corrected chi connectivity index (χ4v) is 3.34. The molecule has 0 saturated carbocycles. The summed E-state index contributed by atoms with van der Waals surface area (Å²) in [6.45, 7) is 1.59. The van der Waals surface area contributed by atoms with Crippen molar-refractivity contribution in [1.29, 1.82) is 0 Å². The predicted octanol–water partition coefficient (Wildman–Crippen LogP) is 3.93. The van der Waals surface area contributed by atoms with Crippen molar-refractivity contribution in [1.82, 2.24) is 9.97 Å². The number of ether oxygens (including phenoxy) is 1. The van der Waals surface area contributed by atoms with E-state index in [1.807, 2.05) is 55.5 Å². The Bertz CT molecular complexity index is 1120. The monoisotopic (exact) mass is 346 g/mol. The fraction of sp³-hybridized carbons (Fsp3) is 0.143. The maximum atomic E-state index is 12.6. The van der Waals surface area contributed by atoms with E-state index in [0.29, 0.717) is 5.56 Å². The summed E-state index contributed by atoms with van der Waals surface area (Å²) in [7, 11) is 0. The number of aromatic nitrogens is 2. The van der Waals surface area contributed by atoms with Gasteiger partial charge in [0.25, 0.3) is 0 Å². The van der Waals surface area contributed by atoms with Gasteiger partial charge in [-0.15, -0.1) is 0 Å². The van der Waals surface area contributed by atoms with Gasteiger partial charge in [0.15, 0.2) is 6.61 Å². The average Bonchev–Trinajstić information content (AvgIpc) is 3.20. The molecule has 2 aromatic heterocycles. The van der Waals surface area contributed by atoms with Crippen molar-refractivity contribution < 1.29 is 14.3 Å². The summed E-state index contributed by atoms with van der Waals surface area (Å²) in [5, 5.41) is 1.84. The largest absolute Gasteiger partial charge is 0.457 e. The Hall–Kier alpha value is -3.34. The van der Waals surface area contributed by atoms with E-state index in [0.717, 1.165) is 33.1 Å². The topological polar surface area (TPSA) is 75.0 Å². The number of H-pyrrole nitrogens is 2. The van der Waals surface area contributed by atoms with Crippen LogP contribution in [-0.2, 0) is 16.0 Å². The number of aromatic amines is 2. The highest BCUT2D eigenvalue weighted by Crippen LogP contribution is 2.22. The molecule has 0 unspecified atom stereocenters. The molecule has 4 rings (SSSR count). The number of aryl methyl sites for hydroxylation is 1. The lowest BCUT2D eigenvalue weighted by Crippen LogP contribution is -2.16. The van der Waals surface area contributed by atoms with E-state index in [-0.39, 0.29) is 18.8 Å². The van der Waals surface area contributed by atoms with Crippen molar-refractivity contribution in [3.8, 4) is 0 Å². The SMILES string of the molecule is Cc1[nH]c2ccccc2c1C(=O)COC(=O)Cc1c[nH]c2ccccc12. The average molecular weight is 346 g/mol. The molecule has 5 heteroatoms. The summed E-state index contributed by atoms with van der Waals surface area (Å²) in [5.74, 6) is -0.618. The molecule has 130 valence electrons. The highest BCUT2D eigenvalue weighted by molar-refractivity contribution is 6.10. The molecule has 0 aliphatic rings. The number of carbonyl (C=O) groups is 2. The minimum Gasteiger partial charge on any atom is -0.457 e. The number of esters is 1. The summed E-state index contributed by atoms with van der Waals surface area (Å²) in [4.78, 5) is 31.1. The second-order valence-electron chi connectivity index (χ2n) is 6.29. The number of rotatable bonds is 5. The molecule has 2 heterocycles. The van der Waals surface area contributed by atoms with Crippen LogP contribution in [0, 0.1) is 6.92 Å². The molecule has 0 atom stereocenters. The predicted molar refractivity (Wildman–Crippen MR) is 100 cm³/mol. The van der Waals surface area contributed by atoms with E-state index in [1.165, 1.54) is 0 Å². The minimum atomic E-state index is -0.416. The Kier molecular flexibility index (Phi) is 4.05. The summed E-state index contributed by atoms with van der Waals surface area (Å²) < 4.78 is 5.24. The zero-order valence-corrected chi connectivity index (χ0v) is 14.3. The lowest BCUT2D eigenvalue weighted by atomic mass is 10.1. The van der Waals surface area contributed by atoms with Crippen molar-refractivity contribution in [2.75, 3.05) is 6.61 Å². The number of benzene rings is 2. The summed E-state index contributed by atoms with van der Waals surface area (Å²) in [6, 6.07) is 15.4. The van der Waals surface area contributed by atoms with E-state index in [9.17, 15) is 9.59 Å². The molecule has 26 heavy (non-hydrogen) atoms. The summed E-state index contributed by atoms with van der Waals surface area (Å²) in [5.41, 5.74) is 4.10. The van der Waals surface area contributed by atoms with Crippen LogP contribution >= 0.6 is 0 Å². The Morgan fingerprint density at radius 3 is 2.46 bits per heavy atom. The van der Waals surface area contributed by atoms with Crippen LogP contribution in [0.5, 0.6) is 0 Å². The second-order valence-corrected chi connectivity index (χ2v) is 6.29. The van der Waals surface area contributed by atoms with Crippen LogP contribution < -0.4 is 0 Å². The Morgan fingerprint density at radius 2 is 1.65 bits per heavy atom. The molecule has 4 aromatic rings. The first kappa shape index (κ1) is 16.1. The fourth-order valence-electron chi connectivity index (χ4n) is 3.34. The number of hydrogen-bond donors (Lipinski definition) is 2. The van der Waals surface area contributed by atoms with Gasteiger partial charge in [-0.05, 0) is 24.6 Å². The summed E-state index contributed by atoms with van der Waals surface area (Å²) in [6.07, 6.45) is 1.93. The quantitative estimate of drug-likeness (QED) is 0.425. The first-order valence-electron chi connectivity index (χ1n) is 8.44. The molecule has 0 radical (unpaired) electrons. The third kappa shape index (κ3) is 2.88. The molecule has 0 aliphatic heterocycles. The number of fused-ring (bicyclic) bond motifs is 2. The second kappa shape index (κ2) is 6.52. The molecular formula is C21H18N2O3. The van der Waals surface area contributed by atoms with Crippen LogP contribution in [0.3, 0.4) is 0 Å². The number of para-hydroxylation sites is 2. The molecule has 2 aromatic carbocycles.